The summed E-state index contributed by atoms with van der Waals surface area (Å²) in [6.07, 6.45) is 0. The second kappa shape index (κ2) is 6.52. The van der Waals surface area contributed by atoms with E-state index in [0.717, 1.165) is 22.5 Å². The second-order valence-electron chi connectivity index (χ2n) is 7.30. The monoisotopic (exact) mass is 344 g/mol. The first-order chi connectivity index (χ1) is 11.7. The first kappa shape index (κ1) is 18.0. The molecule has 0 radical (unpaired) electrons. The molecule has 1 saturated heterocycles. The number of hydrogen-bond acceptors (Lipinski definition) is 5. The van der Waals surface area contributed by atoms with Crippen LogP contribution in [-0.4, -0.2) is 32.2 Å². The van der Waals surface area contributed by atoms with E-state index in [4.69, 9.17) is 23.2 Å². The molecule has 25 heavy (non-hydrogen) atoms. The molecule has 0 N–H and O–H groups in total. The van der Waals surface area contributed by atoms with Crippen molar-refractivity contribution in [2.24, 2.45) is 0 Å². The van der Waals surface area contributed by atoms with Crippen molar-refractivity contribution in [3.8, 4) is 17.1 Å². The Balaban J connectivity index is 1.96. The normalized spacial score (nSPS) is 18.6. The minimum absolute atomic E-state index is 0.146. The van der Waals surface area contributed by atoms with Crippen LogP contribution in [-0.2, 0) is 14.0 Å². The summed E-state index contributed by atoms with van der Waals surface area (Å²) < 4.78 is 28.9. The number of aryl methyl sites for hydroxylation is 1. The number of hydrogen-bond donors (Lipinski definition) is 0. The van der Waals surface area contributed by atoms with Crippen LogP contribution in [0.4, 0.5) is 0 Å². The molecule has 0 aliphatic carbocycles. The fraction of sp³-hybridized carbons (Fsp3) is 0.474. The van der Waals surface area contributed by atoms with Crippen LogP contribution in [0.1, 0.15) is 33.5 Å². The summed E-state index contributed by atoms with van der Waals surface area (Å²) in [6.45, 7) is 10.2. The summed E-state index contributed by atoms with van der Waals surface area (Å²) in [5.41, 5.74) is 0.946. The van der Waals surface area contributed by atoms with E-state index < -0.39 is 18.3 Å². The van der Waals surface area contributed by atoms with Crippen LogP contribution >= 0.6 is 0 Å². The lowest BCUT2D eigenvalue weighted by Crippen LogP contribution is -2.41. The van der Waals surface area contributed by atoms with Crippen molar-refractivity contribution in [2.75, 3.05) is 13.9 Å². The van der Waals surface area contributed by atoms with Crippen molar-refractivity contribution in [3.05, 3.63) is 36.1 Å². The van der Waals surface area contributed by atoms with E-state index in [1.165, 1.54) is 0 Å². The average Bonchev–Trinajstić information content (AvgIpc) is 3.06. The van der Waals surface area contributed by atoms with Crippen molar-refractivity contribution in [3.63, 3.8) is 0 Å². The highest BCUT2D eigenvalue weighted by molar-refractivity contribution is 6.63. The zero-order valence-electron chi connectivity index (χ0n) is 15.7. The third kappa shape index (κ3) is 3.47. The molecule has 0 unspecified atom stereocenters. The minimum Gasteiger partial charge on any atom is -0.468 e. The molecule has 134 valence electrons. The van der Waals surface area contributed by atoms with Gasteiger partial charge < -0.3 is 23.2 Å². The van der Waals surface area contributed by atoms with Crippen molar-refractivity contribution in [1.82, 2.24) is 0 Å². The summed E-state index contributed by atoms with van der Waals surface area (Å²) in [5.74, 6) is 2.32. The van der Waals surface area contributed by atoms with Gasteiger partial charge in [-0.25, -0.2) is 0 Å². The van der Waals surface area contributed by atoms with E-state index in [-0.39, 0.29) is 6.79 Å². The molecule has 1 aliphatic heterocycles. The van der Waals surface area contributed by atoms with Crippen LogP contribution in [0.5, 0.6) is 5.75 Å². The van der Waals surface area contributed by atoms with E-state index in [1.807, 2.05) is 65.0 Å². The predicted molar refractivity (Wildman–Crippen MR) is 97.1 cm³/mol. The third-order valence-electron chi connectivity index (χ3n) is 4.88. The quantitative estimate of drug-likeness (QED) is 0.613. The Kier molecular flexibility index (Phi) is 4.71. The second-order valence-corrected chi connectivity index (χ2v) is 7.30. The van der Waals surface area contributed by atoms with Crippen molar-refractivity contribution in [1.29, 1.82) is 0 Å². The van der Waals surface area contributed by atoms with Gasteiger partial charge in [0, 0.05) is 18.1 Å². The molecule has 3 rings (SSSR count). The molecule has 6 heteroatoms. The first-order valence-corrected chi connectivity index (χ1v) is 8.42. The topological polar surface area (TPSA) is 50.1 Å². The highest BCUT2D eigenvalue weighted by Gasteiger charge is 2.52. The molecule has 2 heterocycles. The lowest BCUT2D eigenvalue weighted by molar-refractivity contribution is 0.00578. The van der Waals surface area contributed by atoms with E-state index in [2.05, 4.69) is 0 Å². The van der Waals surface area contributed by atoms with Gasteiger partial charge in [0.1, 0.15) is 17.3 Å². The van der Waals surface area contributed by atoms with Crippen molar-refractivity contribution in [2.45, 2.75) is 45.8 Å². The lowest BCUT2D eigenvalue weighted by atomic mass is 9.78. The maximum atomic E-state index is 6.15. The van der Waals surface area contributed by atoms with Gasteiger partial charge in [-0.2, -0.15) is 0 Å². The highest BCUT2D eigenvalue weighted by atomic mass is 16.7. The van der Waals surface area contributed by atoms with E-state index in [0.29, 0.717) is 5.75 Å². The molecule has 0 amide bonds. The maximum Gasteiger partial charge on any atom is 0.498 e. The Labute approximate surface area is 149 Å². The zero-order chi connectivity index (χ0) is 18.2. The predicted octanol–water partition coefficient (Wildman–Crippen LogP) is 3.54. The van der Waals surface area contributed by atoms with E-state index in [9.17, 15) is 0 Å². The number of ether oxygens (including phenoxy) is 2. The molecule has 0 bridgehead atoms. The lowest BCUT2D eigenvalue weighted by Gasteiger charge is -2.32. The van der Waals surface area contributed by atoms with Gasteiger partial charge in [0.05, 0.1) is 11.2 Å². The van der Waals surface area contributed by atoms with Gasteiger partial charge in [0.2, 0.25) is 0 Å². The van der Waals surface area contributed by atoms with Gasteiger partial charge >= 0.3 is 7.12 Å². The summed E-state index contributed by atoms with van der Waals surface area (Å²) in [6, 6.07) is 9.75. The van der Waals surface area contributed by atoms with Crippen LogP contribution in [0.25, 0.3) is 11.3 Å². The zero-order valence-corrected chi connectivity index (χ0v) is 15.7. The maximum absolute atomic E-state index is 6.15. The van der Waals surface area contributed by atoms with Gasteiger partial charge in [-0.15, -0.1) is 0 Å². The Bertz CT molecular complexity index is 734. The van der Waals surface area contributed by atoms with E-state index >= 15 is 0 Å². The summed E-state index contributed by atoms with van der Waals surface area (Å²) in [7, 11) is 1.10. The van der Waals surface area contributed by atoms with Gasteiger partial charge in [-0.1, -0.05) is 12.1 Å². The average molecular weight is 344 g/mol. The van der Waals surface area contributed by atoms with Crippen LogP contribution in [0.15, 0.2) is 34.7 Å². The molecule has 1 aliphatic rings. The highest BCUT2D eigenvalue weighted by Crippen LogP contribution is 2.37. The van der Waals surface area contributed by atoms with Crippen LogP contribution in [0.3, 0.4) is 0 Å². The first-order valence-electron chi connectivity index (χ1n) is 8.42. The number of rotatable bonds is 5. The van der Waals surface area contributed by atoms with Gasteiger partial charge in [0.25, 0.3) is 0 Å². The summed E-state index contributed by atoms with van der Waals surface area (Å²) in [5, 5.41) is 0. The number of furan rings is 1. The molecule has 1 aromatic heterocycles. The molecule has 1 fully saturated rings. The Hall–Kier alpha value is -1.76. The van der Waals surface area contributed by atoms with Crippen LogP contribution in [0, 0.1) is 6.92 Å². The van der Waals surface area contributed by atoms with Gasteiger partial charge in [-0.05, 0) is 52.8 Å². The fourth-order valence-corrected chi connectivity index (χ4v) is 2.69. The SMILES string of the molecule is COCOc1cc(-c2ccc(C)o2)ccc1B1OC(C)(C)C(C)(C)O1. The van der Waals surface area contributed by atoms with Crippen molar-refractivity contribution >= 4 is 12.6 Å². The summed E-state index contributed by atoms with van der Waals surface area (Å²) in [4.78, 5) is 0. The van der Waals surface area contributed by atoms with Crippen molar-refractivity contribution < 1.29 is 23.2 Å². The fourth-order valence-electron chi connectivity index (χ4n) is 2.69. The molecular formula is C19H25BO5. The number of benzene rings is 1. The molecule has 0 atom stereocenters. The molecule has 0 spiro atoms. The summed E-state index contributed by atoms with van der Waals surface area (Å²) >= 11 is 0. The molecular weight excluding hydrogens is 319 g/mol. The number of methoxy groups -OCH3 is 1. The molecule has 1 aromatic carbocycles. The standard InChI is InChI=1S/C19H25BO5/c1-13-7-10-16(23-13)14-8-9-15(17(11-14)22-12-21-6)20-24-18(2,3)19(4,5)25-20/h7-11H,12H2,1-6H3. The van der Waals surface area contributed by atoms with Crippen LogP contribution in [0.2, 0.25) is 0 Å². The van der Waals surface area contributed by atoms with Crippen LogP contribution < -0.4 is 10.2 Å². The Morgan fingerprint density at radius 3 is 2.24 bits per heavy atom. The Morgan fingerprint density at radius 2 is 1.68 bits per heavy atom. The third-order valence-corrected chi connectivity index (χ3v) is 4.88. The largest absolute Gasteiger partial charge is 0.498 e. The molecule has 2 aromatic rings. The van der Waals surface area contributed by atoms with Gasteiger partial charge in [0.15, 0.2) is 6.79 Å². The molecule has 5 nitrogen and oxygen atoms in total. The van der Waals surface area contributed by atoms with Gasteiger partial charge in [-0.3, -0.25) is 0 Å². The Morgan fingerprint density at radius 1 is 1.00 bits per heavy atom. The smallest absolute Gasteiger partial charge is 0.468 e. The minimum atomic E-state index is -0.496. The molecule has 0 saturated carbocycles. The van der Waals surface area contributed by atoms with E-state index in [1.54, 1.807) is 7.11 Å².